The average Bonchev–Trinajstić information content (AvgIpc) is 2.96. The van der Waals surface area contributed by atoms with E-state index in [9.17, 15) is 13.5 Å². The van der Waals surface area contributed by atoms with Gasteiger partial charge < -0.3 is 10.4 Å². The van der Waals surface area contributed by atoms with Gasteiger partial charge in [-0.1, -0.05) is 29.8 Å². The number of anilines is 1. The summed E-state index contributed by atoms with van der Waals surface area (Å²) in [6.45, 7) is 1.79. The van der Waals surface area contributed by atoms with Crippen molar-refractivity contribution in [1.29, 1.82) is 0 Å². The quantitative estimate of drug-likeness (QED) is 0.577. The summed E-state index contributed by atoms with van der Waals surface area (Å²) in [6.07, 6.45) is 0.371. The summed E-state index contributed by atoms with van der Waals surface area (Å²) in [6, 6.07) is 7.16. The maximum Gasteiger partial charge on any atom is 0.250 e. The number of fused-ring (bicyclic) bond motifs is 1. The van der Waals surface area contributed by atoms with Gasteiger partial charge in [-0.2, -0.15) is 10.1 Å². The van der Waals surface area contributed by atoms with Crippen LogP contribution in [0, 0.1) is 0 Å². The fraction of sp³-hybridized carbons (Fsp3) is 0.267. The van der Waals surface area contributed by atoms with E-state index in [1.54, 1.807) is 25.1 Å². The van der Waals surface area contributed by atoms with Crippen LogP contribution in [0.1, 0.15) is 6.92 Å². The minimum atomic E-state index is -3.62. The third-order valence-corrected chi connectivity index (χ3v) is 4.61. The summed E-state index contributed by atoms with van der Waals surface area (Å²) in [5.41, 5.74) is 1.44. The first kappa shape index (κ1) is 17.6. The third-order valence-electron chi connectivity index (χ3n) is 3.43. The highest BCUT2D eigenvalue weighted by molar-refractivity contribution is 7.90. The van der Waals surface area contributed by atoms with Crippen LogP contribution in [-0.2, 0) is 9.84 Å². The van der Waals surface area contributed by atoms with Gasteiger partial charge in [-0.05, 0) is 13.0 Å². The number of sulfone groups is 1. The van der Waals surface area contributed by atoms with Crippen molar-refractivity contribution in [3.05, 3.63) is 29.3 Å². The number of benzene rings is 1. The molecule has 8 nitrogen and oxygen atoms in total. The Morgan fingerprint density at radius 2 is 2.04 bits per heavy atom. The fourth-order valence-corrected chi connectivity index (χ4v) is 3.04. The summed E-state index contributed by atoms with van der Waals surface area (Å²) < 4.78 is 23.7. The largest absolute Gasteiger partial charge is 0.392 e. The smallest absolute Gasteiger partial charge is 0.250 e. The Morgan fingerprint density at radius 3 is 2.68 bits per heavy atom. The lowest BCUT2D eigenvalue weighted by atomic mass is 10.1. The molecule has 0 amide bonds. The molecule has 0 aliphatic rings. The van der Waals surface area contributed by atoms with Gasteiger partial charge in [0.05, 0.1) is 17.2 Å². The summed E-state index contributed by atoms with van der Waals surface area (Å²) in [7, 11) is -3.62. The van der Waals surface area contributed by atoms with Crippen molar-refractivity contribution in [2.45, 2.75) is 18.2 Å². The zero-order chi connectivity index (χ0) is 18.2. The van der Waals surface area contributed by atoms with E-state index in [1.807, 2.05) is 6.07 Å². The molecule has 2 aromatic heterocycles. The van der Waals surface area contributed by atoms with Gasteiger partial charge in [-0.15, -0.1) is 0 Å². The minimum Gasteiger partial charge on any atom is -0.392 e. The number of nitrogens with one attached hydrogen (secondary N) is 2. The second kappa shape index (κ2) is 6.58. The number of aliphatic hydroxyl groups excluding tert-OH is 1. The number of hydrogen-bond donors (Lipinski definition) is 3. The molecule has 1 aromatic carbocycles. The second-order valence-electron chi connectivity index (χ2n) is 5.63. The van der Waals surface area contributed by atoms with E-state index >= 15 is 0 Å². The lowest BCUT2D eigenvalue weighted by Crippen LogP contribution is -2.17. The Hall–Kier alpha value is -2.23. The highest BCUT2D eigenvalue weighted by atomic mass is 35.5. The number of nitrogens with zero attached hydrogens (tertiary/aromatic N) is 3. The Kier molecular flexibility index (Phi) is 4.63. The van der Waals surface area contributed by atoms with Crippen LogP contribution >= 0.6 is 11.6 Å². The molecule has 0 aliphatic heterocycles. The minimum absolute atomic E-state index is 0.183. The summed E-state index contributed by atoms with van der Waals surface area (Å²) in [5.74, 6) is 0.259. The molecule has 0 saturated carbocycles. The van der Waals surface area contributed by atoms with Crippen molar-refractivity contribution >= 4 is 38.3 Å². The Labute approximate surface area is 149 Å². The Morgan fingerprint density at radius 1 is 1.32 bits per heavy atom. The number of aromatic amines is 1. The molecule has 3 N–H and O–H groups in total. The lowest BCUT2D eigenvalue weighted by Gasteiger charge is -2.11. The lowest BCUT2D eigenvalue weighted by molar-refractivity contribution is 0.208. The number of H-pyrrole nitrogens is 1. The van der Waals surface area contributed by atoms with E-state index in [2.05, 4.69) is 25.5 Å². The molecule has 25 heavy (non-hydrogen) atoms. The molecule has 0 saturated heterocycles. The van der Waals surface area contributed by atoms with E-state index in [0.717, 1.165) is 6.26 Å². The van der Waals surface area contributed by atoms with Crippen LogP contribution in [0.2, 0.25) is 5.02 Å². The zero-order valence-corrected chi connectivity index (χ0v) is 15.1. The van der Waals surface area contributed by atoms with Gasteiger partial charge in [0.25, 0.3) is 5.16 Å². The molecule has 1 unspecified atom stereocenters. The van der Waals surface area contributed by atoms with Gasteiger partial charge in [-0.25, -0.2) is 13.4 Å². The van der Waals surface area contributed by atoms with Gasteiger partial charge in [0.1, 0.15) is 5.82 Å². The summed E-state index contributed by atoms with van der Waals surface area (Å²) in [4.78, 5) is 8.13. The Balaban J connectivity index is 2.26. The molecule has 0 fully saturated rings. The topological polar surface area (TPSA) is 121 Å². The van der Waals surface area contributed by atoms with E-state index in [1.165, 1.54) is 0 Å². The van der Waals surface area contributed by atoms with E-state index in [-0.39, 0.29) is 23.2 Å². The summed E-state index contributed by atoms with van der Waals surface area (Å²) >= 11 is 6.25. The van der Waals surface area contributed by atoms with Crippen molar-refractivity contribution in [2.75, 3.05) is 18.1 Å². The van der Waals surface area contributed by atoms with E-state index in [0.29, 0.717) is 21.7 Å². The molecule has 0 bridgehead atoms. The van der Waals surface area contributed by atoms with Gasteiger partial charge in [0.15, 0.2) is 5.65 Å². The summed E-state index contributed by atoms with van der Waals surface area (Å²) in [5, 5.41) is 20.1. The van der Waals surface area contributed by atoms with Crippen LogP contribution in [0.4, 0.5) is 5.82 Å². The zero-order valence-electron chi connectivity index (χ0n) is 13.5. The predicted molar refractivity (Wildman–Crippen MR) is 95.4 cm³/mol. The maximum absolute atomic E-state index is 11.8. The molecular weight excluding hydrogens is 366 g/mol. The number of halogens is 1. The molecule has 10 heteroatoms. The molecule has 0 radical (unpaired) electrons. The van der Waals surface area contributed by atoms with Gasteiger partial charge in [-0.3, -0.25) is 5.10 Å². The Bertz CT molecular complexity index is 1030. The second-order valence-corrected chi connectivity index (χ2v) is 7.95. The molecule has 3 rings (SSSR count). The normalized spacial score (nSPS) is 13.1. The van der Waals surface area contributed by atoms with Crippen LogP contribution in [-0.4, -0.2) is 52.6 Å². The number of rotatable bonds is 5. The highest BCUT2D eigenvalue weighted by Gasteiger charge is 2.21. The molecule has 0 spiro atoms. The number of hydrogen-bond acceptors (Lipinski definition) is 7. The highest BCUT2D eigenvalue weighted by Crippen LogP contribution is 2.34. The van der Waals surface area contributed by atoms with Crippen LogP contribution in [0.5, 0.6) is 0 Å². The third kappa shape index (κ3) is 3.58. The molecular formula is C15H16ClN5O3S. The maximum atomic E-state index is 11.8. The first-order chi connectivity index (χ1) is 11.8. The van der Waals surface area contributed by atoms with Gasteiger partial charge in [0.2, 0.25) is 9.84 Å². The van der Waals surface area contributed by atoms with Crippen LogP contribution in [0.15, 0.2) is 29.4 Å². The first-order valence-electron chi connectivity index (χ1n) is 7.40. The van der Waals surface area contributed by atoms with Crippen LogP contribution in [0.3, 0.4) is 0 Å². The molecule has 2 heterocycles. The van der Waals surface area contributed by atoms with Crippen molar-refractivity contribution < 1.29 is 13.5 Å². The van der Waals surface area contributed by atoms with Crippen molar-refractivity contribution in [1.82, 2.24) is 20.2 Å². The fourth-order valence-electron chi connectivity index (χ4n) is 2.30. The molecule has 1 atom stereocenters. The number of aliphatic hydroxyl groups is 1. The predicted octanol–water partition coefficient (Wildman–Crippen LogP) is 1.87. The van der Waals surface area contributed by atoms with E-state index < -0.39 is 15.9 Å². The SMILES string of the molecule is CC(O)CNc1nc(S(C)(=O)=O)nc2n[nH]c(-c3ccccc3Cl)c12. The van der Waals surface area contributed by atoms with Crippen molar-refractivity contribution in [3.8, 4) is 11.3 Å². The monoisotopic (exact) mass is 381 g/mol. The number of aromatic nitrogens is 4. The van der Waals surface area contributed by atoms with Crippen molar-refractivity contribution in [2.24, 2.45) is 0 Å². The van der Waals surface area contributed by atoms with Gasteiger partial charge >= 0.3 is 0 Å². The molecule has 0 aliphatic carbocycles. The van der Waals surface area contributed by atoms with Gasteiger partial charge in [0, 0.05) is 23.4 Å². The molecule has 132 valence electrons. The standard InChI is InChI=1S/C15H16ClN5O3S/c1-8(22)7-17-13-11-12(9-5-3-4-6-10(9)16)20-21-14(11)19-15(18-13)25(2,23)24/h3-6,8,22H,7H2,1-2H3,(H2,17,18,19,20,21). The molecule has 3 aromatic rings. The van der Waals surface area contributed by atoms with Crippen molar-refractivity contribution in [3.63, 3.8) is 0 Å². The van der Waals surface area contributed by atoms with Crippen LogP contribution < -0.4 is 5.32 Å². The average molecular weight is 382 g/mol. The van der Waals surface area contributed by atoms with Crippen LogP contribution in [0.25, 0.3) is 22.3 Å². The van der Waals surface area contributed by atoms with E-state index in [4.69, 9.17) is 11.6 Å². The first-order valence-corrected chi connectivity index (χ1v) is 9.67.